The maximum absolute atomic E-state index is 3.70. The van der Waals surface area contributed by atoms with Crippen LogP contribution in [-0.2, 0) is 0 Å². The van der Waals surface area contributed by atoms with Gasteiger partial charge in [-0.2, -0.15) is 0 Å². The molecule has 1 aliphatic rings. The fourth-order valence-electron chi connectivity index (χ4n) is 2.77. The van der Waals surface area contributed by atoms with Crippen molar-refractivity contribution in [2.45, 2.75) is 51.5 Å². The molecule has 0 saturated heterocycles. The number of hydrogen-bond acceptors (Lipinski definition) is 1. The molecule has 0 aromatic heterocycles. The van der Waals surface area contributed by atoms with Gasteiger partial charge in [-0.1, -0.05) is 56.0 Å². The minimum atomic E-state index is 0.486. The van der Waals surface area contributed by atoms with E-state index in [1.165, 1.54) is 50.6 Å². The largest absolute Gasteiger partial charge is 0.310 e. The molecule has 1 aromatic rings. The summed E-state index contributed by atoms with van der Waals surface area (Å²) in [5.74, 6) is 0.906. The minimum absolute atomic E-state index is 0.486. The van der Waals surface area contributed by atoms with Crippen LogP contribution in [0.1, 0.15) is 57.1 Å². The van der Waals surface area contributed by atoms with Crippen LogP contribution in [0.3, 0.4) is 0 Å². The zero-order valence-corrected chi connectivity index (χ0v) is 11.0. The van der Waals surface area contributed by atoms with Crippen LogP contribution in [0.15, 0.2) is 30.3 Å². The van der Waals surface area contributed by atoms with Gasteiger partial charge in [-0.25, -0.2) is 0 Å². The van der Waals surface area contributed by atoms with Crippen molar-refractivity contribution in [3.05, 3.63) is 35.9 Å². The first-order valence-electron chi connectivity index (χ1n) is 7.14. The highest BCUT2D eigenvalue weighted by molar-refractivity contribution is 5.17. The van der Waals surface area contributed by atoms with Crippen molar-refractivity contribution in [2.75, 3.05) is 6.54 Å². The molecule has 17 heavy (non-hydrogen) atoms. The van der Waals surface area contributed by atoms with Crippen LogP contribution >= 0.6 is 0 Å². The molecule has 1 fully saturated rings. The van der Waals surface area contributed by atoms with E-state index in [0.717, 1.165) is 5.92 Å². The minimum Gasteiger partial charge on any atom is -0.310 e. The maximum atomic E-state index is 3.70. The summed E-state index contributed by atoms with van der Waals surface area (Å²) in [5, 5.41) is 3.70. The first-order valence-corrected chi connectivity index (χ1v) is 7.14. The van der Waals surface area contributed by atoms with Crippen LogP contribution in [0.4, 0.5) is 0 Å². The molecule has 1 saturated carbocycles. The highest BCUT2D eigenvalue weighted by Crippen LogP contribution is 2.23. The summed E-state index contributed by atoms with van der Waals surface area (Å²) in [7, 11) is 0. The second-order valence-electron chi connectivity index (χ2n) is 5.40. The standard InChI is InChI=1S/C16H25N/c1-14(16-11-7-4-8-12-16)17-13-15-9-5-2-3-6-10-15/h4,7-8,11-12,14-15,17H,2-3,5-6,9-10,13H2,1H3/t14-/m1/s1. The smallest absolute Gasteiger partial charge is 0.0291 e. The van der Waals surface area contributed by atoms with Gasteiger partial charge in [0, 0.05) is 6.04 Å². The lowest BCUT2D eigenvalue weighted by Gasteiger charge is -2.19. The molecular formula is C16H25N. The lowest BCUT2D eigenvalue weighted by molar-refractivity contribution is 0.403. The van der Waals surface area contributed by atoms with E-state index in [-0.39, 0.29) is 0 Å². The first-order chi connectivity index (χ1) is 8.36. The average Bonchev–Trinajstić information content (AvgIpc) is 2.65. The van der Waals surface area contributed by atoms with Gasteiger partial charge in [0.1, 0.15) is 0 Å². The predicted molar refractivity (Wildman–Crippen MR) is 74.1 cm³/mol. The second kappa shape index (κ2) is 6.80. The monoisotopic (exact) mass is 231 g/mol. The Hall–Kier alpha value is -0.820. The van der Waals surface area contributed by atoms with Crippen molar-refractivity contribution in [1.29, 1.82) is 0 Å². The normalized spacial score (nSPS) is 19.8. The van der Waals surface area contributed by atoms with E-state index in [9.17, 15) is 0 Å². The van der Waals surface area contributed by atoms with Crippen LogP contribution in [0.25, 0.3) is 0 Å². The summed E-state index contributed by atoms with van der Waals surface area (Å²) in [5.41, 5.74) is 1.40. The van der Waals surface area contributed by atoms with Crippen LogP contribution in [0.2, 0.25) is 0 Å². The molecule has 1 aliphatic carbocycles. The van der Waals surface area contributed by atoms with Gasteiger partial charge in [0.25, 0.3) is 0 Å². The van der Waals surface area contributed by atoms with Gasteiger partial charge < -0.3 is 5.32 Å². The van der Waals surface area contributed by atoms with Gasteiger partial charge in [-0.05, 0) is 37.8 Å². The lowest BCUT2D eigenvalue weighted by atomic mass is 9.99. The highest BCUT2D eigenvalue weighted by Gasteiger charge is 2.13. The third kappa shape index (κ3) is 4.16. The maximum Gasteiger partial charge on any atom is 0.0291 e. The van der Waals surface area contributed by atoms with Crippen molar-refractivity contribution in [3.8, 4) is 0 Å². The third-order valence-corrected chi connectivity index (χ3v) is 3.99. The van der Waals surface area contributed by atoms with Gasteiger partial charge >= 0.3 is 0 Å². The van der Waals surface area contributed by atoms with Crippen molar-refractivity contribution in [3.63, 3.8) is 0 Å². The van der Waals surface area contributed by atoms with Crippen LogP contribution in [0.5, 0.6) is 0 Å². The topological polar surface area (TPSA) is 12.0 Å². The highest BCUT2D eigenvalue weighted by atomic mass is 14.9. The number of benzene rings is 1. The molecule has 1 aromatic carbocycles. The Bertz CT molecular complexity index is 299. The van der Waals surface area contributed by atoms with Crippen LogP contribution < -0.4 is 5.32 Å². The lowest BCUT2D eigenvalue weighted by Crippen LogP contribution is -2.25. The molecule has 1 nitrogen and oxygen atoms in total. The van der Waals surface area contributed by atoms with Gasteiger partial charge in [0.05, 0.1) is 0 Å². The molecule has 0 spiro atoms. The summed E-state index contributed by atoms with van der Waals surface area (Å²) >= 11 is 0. The summed E-state index contributed by atoms with van der Waals surface area (Å²) in [6.45, 7) is 3.46. The number of rotatable bonds is 4. The molecule has 0 amide bonds. The van der Waals surface area contributed by atoms with E-state index < -0.39 is 0 Å². The quantitative estimate of drug-likeness (QED) is 0.761. The molecule has 0 aliphatic heterocycles. The Morgan fingerprint density at radius 3 is 2.35 bits per heavy atom. The summed E-state index contributed by atoms with van der Waals surface area (Å²) in [6, 6.07) is 11.2. The third-order valence-electron chi connectivity index (χ3n) is 3.99. The fourth-order valence-corrected chi connectivity index (χ4v) is 2.77. The van der Waals surface area contributed by atoms with Crippen molar-refractivity contribution in [1.82, 2.24) is 5.32 Å². The molecule has 0 radical (unpaired) electrons. The summed E-state index contributed by atoms with van der Waals surface area (Å²) in [6.07, 6.45) is 8.62. The zero-order chi connectivity index (χ0) is 11.9. The molecular weight excluding hydrogens is 206 g/mol. The van der Waals surface area contributed by atoms with E-state index in [2.05, 4.69) is 42.6 Å². The van der Waals surface area contributed by atoms with Gasteiger partial charge in [0.2, 0.25) is 0 Å². The number of nitrogens with one attached hydrogen (secondary N) is 1. The van der Waals surface area contributed by atoms with E-state index >= 15 is 0 Å². The van der Waals surface area contributed by atoms with Gasteiger partial charge in [-0.3, -0.25) is 0 Å². The molecule has 2 rings (SSSR count). The van der Waals surface area contributed by atoms with Crippen LogP contribution in [-0.4, -0.2) is 6.54 Å². The predicted octanol–water partition coefficient (Wildman–Crippen LogP) is 4.31. The molecule has 1 atom stereocenters. The van der Waals surface area contributed by atoms with E-state index in [0.29, 0.717) is 6.04 Å². The molecule has 1 heteroatoms. The molecule has 0 heterocycles. The van der Waals surface area contributed by atoms with Gasteiger partial charge in [-0.15, -0.1) is 0 Å². The SMILES string of the molecule is C[C@@H](NCC1CCCCCC1)c1ccccc1. The van der Waals surface area contributed by atoms with E-state index in [4.69, 9.17) is 0 Å². The summed E-state index contributed by atoms with van der Waals surface area (Å²) in [4.78, 5) is 0. The Balaban J connectivity index is 1.77. The van der Waals surface area contributed by atoms with E-state index in [1.807, 2.05) is 0 Å². The Morgan fingerprint density at radius 1 is 1.06 bits per heavy atom. The summed E-state index contributed by atoms with van der Waals surface area (Å²) < 4.78 is 0. The van der Waals surface area contributed by atoms with Crippen molar-refractivity contribution in [2.24, 2.45) is 5.92 Å². The molecule has 1 N–H and O–H groups in total. The van der Waals surface area contributed by atoms with Crippen molar-refractivity contribution < 1.29 is 0 Å². The molecule has 0 unspecified atom stereocenters. The Labute approximate surface area is 106 Å². The zero-order valence-electron chi connectivity index (χ0n) is 11.0. The first kappa shape index (κ1) is 12.6. The average molecular weight is 231 g/mol. The fraction of sp³-hybridized carbons (Fsp3) is 0.625. The number of hydrogen-bond donors (Lipinski definition) is 1. The molecule has 94 valence electrons. The van der Waals surface area contributed by atoms with Crippen molar-refractivity contribution >= 4 is 0 Å². The molecule has 0 bridgehead atoms. The second-order valence-corrected chi connectivity index (χ2v) is 5.40. The Kier molecular flexibility index (Phi) is 5.06. The van der Waals surface area contributed by atoms with Gasteiger partial charge in [0.15, 0.2) is 0 Å². The van der Waals surface area contributed by atoms with Crippen LogP contribution in [0, 0.1) is 5.92 Å². The van der Waals surface area contributed by atoms with E-state index in [1.54, 1.807) is 0 Å². The Morgan fingerprint density at radius 2 is 1.71 bits per heavy atom.